The van der Waals surface area contributed by atoms with Crippen LogP contribution in [0.1, 0.15) is 11.1 Å². The second-order valence-corrected chi connectivity index (χ2v) is 4.81. The lowest BCUT2D eigenvalue weighted by atomic mass is 10.1. The largest absolute Gasteiger partial charge is 0.354 e. The van der Waals surface area contributed by atoms with E-state index in [0.717, 1.165) is 16.5 Å². The van der Waals surface area contributed by atoms with Gasteiger partial charge in [-0.2, -0.15) is 5.26 Å². The number of aryl methyl sites for hydroxylation is 1. The summed E-state index contributed by atoms with van der Waals surface area (Å²) in [5.41, 5.74) is 3.54. The van der Waals surface area contributed by atoms with Crippen LogP contribution < -0.4 is 5.32 Å². The van der Waals surface area contributed by atoms with Gasteiger partial charge in [-0.05, 0) is 37.3 Å². The molecule has 0 amide bonds. The van der Waals surface area contributed by atoms with Gasteiger partial charge in [-0.3, -0.25) is 4.98 Å². The van der Waals surface area contributed by atoms with E-state index in [4.69, 9.17) is 0 Å². The monoisotopic (exact) mass is 313 g/mol. The quantitative estimate of drug-likeness (QED) is 0.744. The summed E-state index contributed by atoms with van der Waals surface area (Å²) in [4.78, 5) is 4.28. The first kappa shape index (κ1) is 15.7. The second kappa shape index (κ2) is 6.42. The van der Waals surface area contributed by atoms with E-state index in [9.17, 15) is 9.65 Å². The third-order valence-electron chi connectivity index (χ3n) is 3.24. The Balaban J connectivity index is 0.00000176. The fourth-order valence-electron chi connectivity index (χ4n) is 2.24. The van der Waals surface area contributed by atoms with Crippen molar-refractivity contribution < 1.29 is 4.39 Å². The predicted molar refractivity (Wildman–Crippen MR) is 88.1 cm³/mol. The summed E-state index contributed by atoms with van der Waals surface area (Å²) in [6, 6.07) is 14.1. The first-order valence-corrected chi connectivity index (χ1v) is 6.49. The summed E-state index contributed by atoms with van der Waals surface area (Å²) in [7, 11) is 0. The number of nitriles is 1. The lowest BCUT2D eigenvalue weighted by Crippen LogP contribution is -1.97. The molecule has 0 aliphatic rings. The van der Waals surface area contributed by atoms with Crippen LogP contribution in [0.4, 0.5) is 15.8 Å². The number of hydrogen-bond donors (Lipinski definition) is 1. The Hall–Kier alpha value is -2.64. The zero-order chi connectivity index (χ0) is 14.8. The molecule has 0 radical (unpaired) electrons. The molecule has 3 nitrogen and oxygen atoms in total. The fourth-order valence-corrected chi connectivity index (χ4v) is 2.24. The van der Waals surface area contributed by atoms with Gasteiger partial charge in [0.25, 0.3) is 0 Å². The van der Waals surface area contributed by atoms with Crippen LogP contribution in [-0.4, -0.2) is 4.98 Å². The van der Waals surface area contributed by atoms with Crippen molar-refractivity contribution in [2.45, 2.75) is 6.92 Å². The van der Waals surface area contributed by atoms with Crippen LogP contribution >= 0.6 is 12.4 Å². The van der Waals surface area contributed by atoms with Crippen LogP contribution in [0.15, 0.2) is 48.7 Å². The van der Waals surface area contributed by atoms with Gasteiger partial charge < -0.3 is 5.32 Å². The number of nitrogens with zero attached hydrogens (tertiary/aromatic N) is 2. The van der Waals surface area contributed by atoms with E-state index in [-0.39, 0.29) is 18.2 Å². The molecular formula is C17H13ClFN3. The van der Waals surface area contributed by atoms with E-state index >= 15 is 0 Å². The standard InChI is InChI=1S/C17H12FN3.ClH/c1-11-5-6-16-15(7-11)17(12(9-19)10-20-16)21-14-4-2-3-13(18)8-14;/h2-8,10H,1H3,(H,20,21);1H. The van der Waals surface area contributed by atoms with Crippen LogP contribution in [0.3, 0.4) is 0 Å². The highest BCUT2D eigenvalue weighted by Gasteiger charge is 2.09. The molecule has 1 aromatic heterocycles. The Kier molecular flexibility index (Phi) is 4.59. The molecule has 0 fully saturated rings. The summed E-state index contributed by atoms with van der Waals surface area (Å²) in [5.74, 6) is -0.326. The summed E-state index contributed by atoms with van der Waals surface area (Å²) in [6.07, 6.45) is 1.53. The molecule has 0 unspecified atom stereocenters. The summed E-state index contributed by atoms with van der Waals surface area (Å²) in [5, 5.41) is 13.3. The molecule has 2 aromatic carbocycles. The Morgan fingerprint density at radius 2 is 2.00 bits per heavy atom. The number of nitrogens with one attached hydrogen (secondary N) is 1. The molecule has 3 rings (SSSR count). The van der Waals surface area contributed by atoms with Crippen molar-refractivity contribution in [3.8, 4) is 6.07 Å². The van der Waals surface area contributed by atoms with Gasteiger partial charge in [0.1, 0.15) is 11.9 Å². The Morgan fingerprint density at radius 3 is 2.73 bits per heavy atom. The van der Waals surface area contributed by atoms with Crippen LogP contribution in [0, 0.1) is 24.1 Å². The molecule has 0 bridgehead atoms. The lowest BCUT2D eigenvalue weighted by Gasteiger charge is -2.12. The molecule has 0 aliphatic carbocycles. The van der Waals surface area contributed by atoms with Gasteiger partial charge in [-0.25, -0.2) is 4.39 Å². The summed E-state index contributed by atoms with van der Waals surface area (Å²) < 4.78 is 13.3. The van der Waals surface area contributed by atoms with E-state index in [1.807, 2.05) is 25.1 Å². The number of benzene rings is 2. The minimum atomic E-state index is -0.326. The van der Waals surface area contributed by atoms with Crippen molar-refractivity contribution in [3.05, 3.63) is 65.6 Å². The van der Waals surface area contributed by atoms with Crippen LogP contribution in [0.5, 0.6) is 0 Å². The second-order valence-electron chi connectivity index (χ2n) is 4.81. The Morgan fingerprint density at radius 1 is 1.18 bits per heavy atom. The first-order valence-electron chi connectivity index (χ1n) is 6.49. The normalized spacial score (nSPS) is 9.86. The number of anilines is 2. The third-order valence-corrected chi connectivity index (χ3v) is 3.24. The van der Waals surface area contributed by atoms with E-state index < -0.39 is 0 Å². The number of rotatable bonds is 2. The zero-order valence-corrected chi connectivity index (χ0v) is 12.6. The maximum absolute atomic E-state index is 13.3. The van der Waals surface area contributed by atoms with Crippen molar-refractivity contribution in [1.29, 1.82) is 5.26 Å². The van der Waals surface area contributed by atoms with Gasteiger partial charge in [0.2, 0.25) is 0 Å². The minimum Gasteiger partial charge on any atom is -0.354 e. The van der Waals surface area contributed by atoms with Crippen LogP contribution in [0.25, 0.3) is 10.9 Å². The van der Waals surface area contributed by atoms with Gasteiger partial charge in [-0.15, -0.1) is 12.4 Å². The molecule has 0 saturated heterocycles. The lowest BCUT2D eigenvalue weighted by molar-refractivity contribution is 0.628. The van der Waals surface area contributed by atoms with Gasteiger partial charge >= 0.3 is 0 Å². The number of fused-ring (bicyclic) bond motifs is 1. The van der Waals surface area contributed by atoms with Crippen molar-refractivity contribution >= 4 is 34.7 Å². The minimum absolute atomic E-state index is 0. The number of aromatic nitrogens is 1. The highest BCUT2D eigenvalue weighted by molar-refractivity contribution is 5.96. The summed E-state index contributed by atoms with van der Waals surface area (Å²) >= 11 is 0. The average molecular weight is 314 g/mol. The summed E-state index contributed by atoms with van der Waals surface area (Å²) in [6.45, 7) is 1.98. The SMILES string of the molecule is Cc1ccc2ncc(C#N)c(Nc3cccc(F)c3)c2c1.Cl. The molecule has 1 N–H and O–H groups in total. The molecule has 0 spiro atoms. The molecule has 1 heterocycles. The number of hydrogen-bond acceptors (Lipinski definition) is 3. The van der Waals surface area contributed by atoms with Crippen molar-refractivity contribution in [2.24, 2.45) is 0 Å². The highest BCUT2D eigenvalue weighted by Crippen LogP contribution is 2.29. The predicted octanol–water partition coefficient (Wildman–Crippen LogP) is 4.72. The van der Waals surface area contributed by atoms with Crippen LogP contribution in [-0.2, 0) is 0 Å². The average Bonchev–Trinajstić information content (AvgIpc) is 2.48. The van der Waals surface area contributed by atoms with Crippen molar-refractivity contribution in [2.75, 3.05) is 5.32 Å². The van der Waals surface area contributed by atoms with Gasteiger partial charge in [0.05, 0.1) is 16.8 Å². The zero-order valence-electron chi connectivity index (χ0n) is 11.8. The molecule has 22 heavy (non-hydrogen) atoms. The van der Waals surface area contributed by atoms with Gasteiger partial charge in [-0.1, -0.05) is 17.7 Å². The maximum atomic E-state index is 13.3. The maximum Gasteiger partial charge on any atom is 0.125 e. The molecule has 0 atom stereocenters. The van der Waals surface area contributed by atoms with E-state index in [1.54, 1.807) is 12.1 Å². The van der Waals surface area contributed by atoms with E-state index in [0.29, 0.717) is 16.9 Å². The van der Waals surface area contributed by atoms with Crippen molar-refractivity contribution in [1.82, 2.24) is 4.98 Å². The highest BCUT2D eigenvalue weighted by atomic mass is 35.5. The first-order chi connectivity index (χ1) is 10.2. The Bertz CT molecular complexity index is 871. The van der Waals surface area contributed by atoms with Crippen LogP contribution in [0.2, 0.25) is 0 Å². The van der Waals surface area contributed by atoms with Gasteiger partial charge in [0.15, 0.2) is 0 Å². The van der Waals surface area contributed by atoms with E-state index in [1.165, 1.54) is 18.3 Å². The topological polar surface area (TPSA) is 48.7 Å². The van der Waals surface area contributed by atoms with E-state index in [2.05, 4.69) is 16.4 Å². The van der Waals surface area contributed by atoms with Gasteiger partial charge in [0, 0.05) is 17.3 Å². The smallest absolute Gasteiger partial charge is 0.125 e. The molecule has 3 aromatic rings. The van der Waals surface area contributed by atoms with Crippen molar-refractivity contribution in [3.63, 3.8) is 0 Å². The Labute approximate surface area is 133 Å². The molecule has 5 heteroatoms. The molecule has 110 valence electrons. The molecular weight excluding hydrogens is 301 g/mol. The molecule has 0 aliphatic heterocycles. The third kappa shape index (κ3) is 3.00. The fraction of sp³-hybridized carbons (Fsp3) is 0.0588. The number of halogens is 2. The molecule has 0 saturated carbocycles. The number of pyridine rings is 1.